The molecule has 4 N–H and O–H groups in total. The summed E-state index contributed by atoms with van der Waals surface area (Å²) in [5.74, 6) is -2.06. The van der Waals surface area contributed by atoms with Crippen LogP contribution in [0.1, 0.15) is 31.8 Å². The van der Waals surface area contributed by atoms with Gasteiger partial charge in [-0.3, -0.25) is 9.59 Å². The minimum Gasteiger partial charge on any atom is -0.504 e. The fourth-order valence-corrected chi connectivity index (χ4v) is 3.92. The molecule has 0 aliphatic heterocycles. The van der Waals surface area contributed by atoms with Gasteiger partial charge in [-0.15, -0.1) is 0 Å². The molecular weight excluding hydrogens is 404 g/mol. The smallest absolute Gasteiger partial charge is 0.200 e. The second kappa shape index (κ2) is 7.59. The molecule has 0 heterocycles. The van der Waals surface area contributed by atoms with Crippen molar-refractivity contribution in [1.29, 1.82) is 0 Å². The lowest BCUT2D eigenvalue weighted by molar-refractivity contribution is 0.0977. The fraction of sp³-hybridized carbons (Fsp3) is 0. The van der Waals surface area contributed by atoms with Crippen LogP contribution in [0.25, 0.3) is 0 Å². The van der Waals surface area contributed by atoms with Crippen LogP contribution in [0.2, 0.25) is 0 Å². The van der Waals surface area contributed by atoms with E-state index in [1.54, 1.807) is 30.3 Å². The Morgan fingerprint density at radius 1 is 0.562 bits per heavy atom. The normalized spacial score (nSPS) is 12.1. The zero-order valence-electron chi connectivity index (χ0n) is 16.8. The van der Waals surface area contributed by atoms with Gasteiger partial charge in [0.05, 0.1) is 28.1 Å². The Kier molecular flexibility index (Phi) is 4.60. The van der Waals surface area contributed by atoms with Gasteiger partial charge in [-0.2, -0.15) is 0 Å². The second-order valence-corrected chi connectivity index (χ2v) is 7.41. The number of carbonyl (C=O) groups is 2. The minimum absolute atomic E-state index is 0.0264. The number of fused-ring (bicyclic) bond motifs is 2. The number of phenols is 2. The Labute approximate surface area is 183 Å². The molecule has 0 saturated heterocycles. The highest BCUT2D eigenvalue weighted by Crippen LogP contribution is 2.44. The van der Waals surface area contributed by atoms with E-state index < -0.39 is 23.1 Å². The molecule has 156 valence electrons. The number of nitrogens with one attached hydrogen (secondary N) is 2. The molecule has 6 nitrogen and oxygen atoms in total. The van der Waals surface area contributed by atoms with Crippen LogP contribution < -0.4 is 10.6 Å². The van der Waals surface area contributed by atoms with E-state index in [1.165, 1.54) is 6.07 Å². The zero-order valence-corrected chi connectivity index (χ0v) is 16.8. The van der Waals surface area contributed by atoms with Crippen LogP contribution in [-0.2, 0) is 0 Å². The molecule has 0 atom stereocenters. The summed E-state index contributed by atoms with van der Waals surface area (Å²) in [5, 5.41) is 27.1. The summed E-state index contributed by atoms with van der Waals surface area (Å²) in [4.78, 5) is 27.1. The van der Waals surface area contributed by atoms with Crippen molar-refractivity contribution < 1.29 is 19.8 Å². The van der Waals surface area contributed by atoms with E-state index in [9.17, 15) is 19.8 Å². The summed E-state index contributed by atoms with van der Waals surface area (Å²) in [6.45, 7) is 0. The lowest BCUT2D eigenvalue weighted by Gasteiger charge is -2.24. The SMILES string of the molecule is O=C1c2cccc(Nc3ccccc3)c2C(=O)c2c(O)c(O)cc(Nc3ccccc3)c21. The van der Waals surface area contributed by atoms with Crippen molar-refractivity contribution in [3.05, 3.63) is 107 Å². The lowest BCUT2D eigenvalue weighted by atomic mass is 9.81. The number of carbonyl (C=O) groups excluding carboxylic acids is 2. The van der Waals surface area contributed by atoms with Gasteiger partial charge in [0, 0.05) is 23.0 Å². The van der Waals surface area contributed by atoms with Gasteiger partial charge in [0.1, 0.15) is 0 Å². The molecule has 0 amide bonds. The van der Waals surface area contributed by atoms with Crippen LogP contribution in [0.15, 0.2) is 84.9 Å². The van der Waals surface area contributed by atoms with E-state index in [0.29, 0.717) is 11.4 Å². The standard InChI is InChI=1S/C26H18N2O4/c29-20-14-19(28-16-10-5-2-6-11-16)22-23(25(20)31)26(32)21-17(24(22)30)12-7-13-18(21)27-15-8-3-1-4-9-15/h1-14,27-29,31H. The number of phenolic OH excluding ortho intramolecular Hbond substituents is 2. The van der Waals surface area contributed by atoms with Gasteiger partial charge in [0.15, 0.2) is 17.3 Å². The van der Waals surface area contributed by atoms with Crippen LogP contribution >= 0.6 is 0 Å². The minimum atomic E-state index is -0.614. The molecule has 0 radical (unpaired) electrons. The van der Waals surface area contributed by atoms with Gasteiger partial charge in [0.25, 0.3) is 0 Å². The van der Waals surface area contributed by atoms with E-state index in [0.717, 1.165) is 5.69 Å². The largest absolute Gasteiger partial charge is 0.504 e. The molecule has 1 aliphatic carbocycles. The fourth-order valence-electron chi connectivity index (χ4n) is 3.92. The van der Waals surface area contributed by atoms with E-state index in [1.807, 2.05) is 48.5 Å². The monoisotopic (exact) mass is 422 g/mol. The third kappa shape index (κ3) is 3.15. The van der Waals surface area contributed by atoms with E-state index in [-0.39, 0.29) is 27.9 Å². The Morgan fingerprint density at radius 3 is 1.78 bits per heavy atom. The molecule has 32 heavy (non-hydrogen) atoms. The highest BCUT2D eigenvalue weighted by molar-refractivity contribution is 6.33. The summed E-state index contributed by atoms with van der Waals surface area (Å²) in [6, 6.07) is 24.6. The van der Waals surface area contributed by atoms with Gasteiger partial charge < -0.3 is 20.8 Å². The van der Waals surface area contributed by atoms with Gasteiger partial charge in [-0.05, 0) is 30.3 Å². The van der Waals surface area contributed by atoms with Crippen molar-refractivity contribution in [1.82, 2.24) is 0 Å². The first-order valence-electron chi connectivity index (χ1n) is 10.00. The summed E-state index contributed by atoms with van der Waals surface area (Å²) < 4.78 is 0. The van der Waals surface area contributed by atoms with E-state index in [2.05, 4.69) is 10.6 Å². The number of rotatable bonds is 4. The third-order valence-corrected chi connectivity index (χ3v) is 5.38. The highest BCUT2D eigenvalue weighted by atomic mass is 16.3. The number of anilines is 4. The summed E-state index contributed by atoms with van der Waals surface area (Å²) in [6.07, 6.45) is 0. The Hall–Kier alpha value is -4.58. The van der Waals surface area contributed by atoms with Crippen molar-refractivity contribution in [2.45, 2.75) is 0 Å². The average Bonchev–Trinajstić information content (AvgIpc) is 2.81. The number of para-hydroxylation sites is 2. The van der Waals surface area contributed by atoms with E-state index >= 15 is 0 Å². The van der Waals surface area contributed by atoms with Gasteiger partial charge in [-0.1, -0.05) is 48.5 Å². The van der Waals surface area contributed by atoms with Gasteiger partial charge in [-0.25, -0.2) is 0 Å². The van der Waals surface area contributed by atoms with Crippen molar-refractivity contribution in [3.63, 3.8) is 0 Å². The first-order chi connectivity index (χ1) is 15.5. The zero-order chi connectivity index (χ0) is 22.2. The molecule has 1 aliphatic rings. The number of hydrogen-bond donors (Lipinski definition) is 4. The molecule has 4 aromatic carbocycles. The van der Waals surface area contributed by atoms with Crippen LogP contribution in [0, 0.1) is 0 Å². The number of hydrogen-bond acceptors (Lipinski definition) is 6. The average molecular weight is 422 g/mol. The van der Waals surface area contributed by atoms with Crippen LogP contribution in [0.4, 0.5) is 22.7 Å². The van der Waals surface area contributed by atoms with Crippen LogP contribution in [0.5, 0.6) is 11.5 Å². The Balaban J connectivity index is 1.67. The van der Waals surface area contributed by atoms with E-state index in [4.69, 9.17) is 0 Å². The van der Waals surface area contributed by atoms with Crippen molar-refractivity contribution >= 4 is 34.3 Å². The highest BCUT2D eigenvalue weighted by Gasteiger charge is 2.37. The maximum absolute atomic E-state index is 13.6. The number of aromatic hydroxyl groups is 2. The molecule has 0 bridgehead atoms. The van der Waals surface area contributed by atoms with Crippen molar-refractivity contribution in [2.24, 2.45) is 0 Å². The lowest BCUT2D eigenvalue weighted by Crippen LogP contribution is -2.23. The number of ketones is 2. The topological polar surface area (TPSA) is 98.7 Å². The summed E-state index contributed by atoms with van der Waals surface area (Å²) >= 11 is 0. The molecular formula is C26H18N2O4. The first kappa shape index (κ1) is 19.4. The maximum atomic E-state index is 13.6. The summed E-state index contributed by atoms with van der Waals surface area (Å²) in [5.41, 5.74) is 2.29. The molecule has 0 saturated carbocycles. The number of benzene rings is 4. The second-order valence-electron chi connectivity index (χ2n) is 7.41. The molecule has 0 unspecified atom stereocenters. The summed E-state index contributed by atoms with van der Waals surface area (Å²) in [7, 11) is 0. The van der Waals surface area contributed by atoms with Crippen molar-refractivity contribution in [2.75, 3.05) is 10.6 Å². The predicted octanol–water partition coefficient (Wildman–Crippen LogP) is 5.36. The van der Waals surface area contributed by atoms with Crippen LogP contribution in [-0.4, -0.2) is 21.8 Å². The van der Waals surface area contributed by atoms with Crippen LogP contribution in [0.3, 0.4) is 0 Å². The van der Waals surface area contributed by atoms with Gasteiger partial charge in [0.2, 0.25) is 5.78 Å². The Bertz CT molecular complexity index is 1370. The first-order valence-corrected chi connectivity index (χ1v) is 10.00. The third-order valence-electron chi connectivity index (χ3n) is 5.38. The van der Waals surface area contributed by atoms with Crippen molar-refractivity contribution in [3.8, 4) is 11.5 Å². The molecule has 0 aromatic heterocycles. The molecule has 6 heteroatoms. The molecule has 0 fully saturated rings. The molecule has 4 aromatic rings. The maximum Gasteiger partial charge on any atom is 0.200 e. The molecule has 5 rings (SSSR count). The molecule has 0 spiro atoms. The quantitative estimate of drug-likeness (QED) is 0.230. The van der Waals surface area contributed by atoms with Gasteiger partial charge >= 0.3 is 0 Å². The Morgan fingerprint density at radius 2 is 1.16 bits per heavy atom. The predicted molar refractivity (Wildman–Crippen MR) is 123 cm³/mol.